The molecule has 21 heavy (non-hydrogen) atoms. The molecule has 0 aliphatic carbocycles. The number of carbonyl (C=O) groups is 1. The van der Waals surface area contributed by atoms with Crippen molar-refractivity contribution >= 4 is 22.7 Å². The first-order valence-corrected chi connectivity index (χ1v) is 6.95. The van der Waals surface area contributed by atoms with Crippen molar-refractivity contribution in [2.75, 3.05) is 25.1 Å². The Hall–Kier alpha value is -2.37. The topological polar surface area (TPSA) is 75.6 Å². The lowest BCUT2D eigenvalue weighted by Gasteiger charge is -2.32. The predicted molar refractivity (Wildman–Crippen MR) is 78.7 cm³/mol. The molecule has 0 saturated carbocycles. The standard InChI is InChI=1S/C15H17N3O3/c1-21-11-4-5-13-12(7-11)14(17-9-16-13)18-6-2-3-10(8-18)15(19)20/h4-5,7,9-10H,2-3,6,8H2,1H3,(H,19,20). The average Bonchev–Trinajstić information content (AvgIpc) is 2.53. The number of hydrogen-bond donors (Lipinski definition) is 1. The fraction of sp³-hybridized carbons (Fsp3) is 0.400. The Morgan fingerprint density at radius 2 is 2.29 bits per heavy atom. The third kappa shape index (κ3) is 2.61. The summed E-state index contributed by atoms with van der Waals surface area (Å²) in [6, 6.07) is 5.64. The Kier molecular flexibility index (Phi) is 3.60. The fourth-order valence-electron chi connectivity index (χ4n) is 2.77. The van der Waals surface area contributed by atoms with Crippen LogP contribution in [0.4, 0.5) is 5.82 Å². The van der Waals surface area contributed by atoms with Crippen LogP contribution >= 0.6 is 0 Å². The number of hydrogen-bond acceptors (Lipinski definition) is 5. The number of rotatable bonds is 3. The van der Waals surface area contributed by atoms with Gasteiger partial charge >= 0.3 is 5.97 Å². The summed E-state index contributed by atoms with van der Waals surface area (Å²) in [6.07, 6.45) is 3.10. The van der Waals surface area contributed by atoms with Crippen LogP contribution in [0.15, 0.2) is 24.5 Å². The van der Waals surface area contributed by atoms with Gasteiger partial charge in [-0.15, -0.1) is 0 Å². The number of aliphatic carboxylic acids is 1. The quantitative estimate of drug-likeness (QED) is 0.929. The summed E-state index contributed by atoms with van der Waals surface area (Å²) in [5, 5.41) is 10.1. The Morgan fingerprint density at radius 1 is 1.43 bits per heavy atom. The van der Waals surface area contributed by atoms with Crippen LogP contribution in [0.1, 0.15) is 12.8 Å². The zero-order valence-corrected chi connectivity index (χ0v) is 11.8. The first-order valence-electron chi connectivity index (χ1n) is 6.95. The maximum Gasteiger partial charge on any atom is 0.308 e. The van der Waals surface area contributed by atoms with Gasteiger partial charge in [0.25, 0.3) is 0 Å². The minimum atomic E-state index is -0.740. The summed E-state index contributed by atoms with van der Waals surface area (Å²) in [4.78, 5) is 21.9. The van der Waals surface area contributed by atoms with Gasteiger partial charge in [0.15, 0.2) is 0 Å². The second-order valence-corrected chi connectivity index (χ2v) is 5.20. The molecule has 110 valence electrons. The van der Waals surface area contributed by atoms with E-state index in [-0.39, 0.29) is 5.92 Å². The van der Waals surface area contributed by atoms with Gasteiger partial charge in [0, 0.05) is 18.5 Å². The number of anilines is 1. The van der Waals surface area contributed by atoms with Crippen molar-refractivity contribution in [3.05, 3.63) is 24.5 Å². The zero-order chi connectivity index (χ0) is 14.8. The van der Waals surface area contributed by atoms with Gasteiger partial charge in [0.05, 0.1) is 18.5 Å². The van der Waals surface area contributed by atoms with Gasteiger partial charge in [-0.3, -0.25) is 4.79 Å². The molecule has 0 radical (unpaired) electrons. The van der Waals surface area contributed by atoms with E-state index >= 15 is 0 Å². The van der Waals surface area contributed by atoms with Crippen molar-refractivity contribution in [1.29, 1.82) is 0 Å². The van der Waals surface area contributed by atoms with Crippen LogP contribution in [0.3, 0.4) is 0 Å². The summed E-state index contributed by atoms with van der Waals surface area (Å²) in [5.41, 5.74) is 0.832. The molecule has 0 spiro atoms. The van der Waals surface area contributed by atoms with Crippen molar-refractivity contribution in [2.45, 2.75) is 12.8 Å². The van der Waals surface area contributed by atoms with E-state index in [2.05, 4.69) is 9.97 Å². The second kappa shape index (κ2) is 5.55. The molecule has 1 N–H and O–H groups in total. The van der Waals surface area contributed by atoms with Crippen LogP contribution in [0, 0.1) is 5.92 Å². The molecule has 1 fully saturated rings. The monoisotopic (exact) mass is 287 g/mol. The SMILES string of the molecule is COc1ccc2ncnc(N3CCCC(C(=O)O)C3)c2c1. The first kappa shape index (κ1) is 13.6. The molecule has 6 heteroatoms. The molecule has 2 aromatic rings. The van der Waals surface area contributed by atoms with Crippen LogP contribution in [0.2, 0.25) is 0 Å². The van der Waals surface area contributed by atoms with Gasteiger partial charge in [0.1, 0.15) is 17.9 Å². The Labute approximate surface area is 122 Å². The van der Waals surface area contributed by atoms with Crippen LogP contribution in [0.25, 0.3) is 10.9 Å². The van der Waals surface area contributed by atoms with Crippen molar-refractivity contribution in [1.82, 2.24) is 9.97 Å². The summed E-state index contributed by atoms with van der Waals surface area (Å²) in [6.45, 7) is 1.30. The van der Waals surface area contributed by atoms with E-state index in [1.807, 2.05) is 23.1 Å². The smallest absolute Gasteiger partial charge is 0.308 e. The van der Waals surface area contributed by atoms with Crippen LogP contribution < -0.4 is 9.64 Å². The van der Waals surface area contributed by atoms with Crippen LogP contribution in [0.5, 0.6) is 5.75 Å². The number of piperidine rings is 1. The Bertz CT molecular complexity index is 674. The van der Waals surface area contributed by atoms with Gasteiger partial charge in [-0.2, -0.15) is 0 Å². The summed E-state index contributed by atoms with van der Waals surface area (Å²) in [5.74, 6) is 0.445. The van der Waals surface area contributed by atoms with Gasteiger partial charge in [-0.05, 0) is 31.0 Å². The molecule has 0 bridgehead atoms. The lowest BCUT2D eigenvalue weighted by Crippen LogP contribution is -2.39. The number of methoxy groups -OCH3 is 1. The highest BCUT2D eigenvalue weighted by molar-refractivity contribution is 5.90. The minimum Gasteiger partial charge on any atom is -0.497 e. The molecule has 2 heterocycles. The third-order valence-electron chi connectivity index (χ3n) is 3.89. The number of carboxylic acids is 1. The van der Waals surface area contributed by atoms with E-state index in [4.69, 9.17) is 4.74 Å². The summed E-state index contributed by atoms with van der Waals surface area (Å²) >= 11 is 0. The molecule has 6 nitrogen and oxygen atoms in total. The highest BCUT2D eigenvalue weighted by Gasteiger charge is 2.27. The molecule has 1 aromatic carbocycles. The summed E-state index contributed by atoms with van der Waals surface area (Å²) < 4.78 is 5.26. The Balaban J connectivity index is 2.01. The van der Waals surface area contributed by atoms with E-state index in [1.165, 1.54) is 6.33 Å². The highest BCUT2D eigenvalue weighted by atomic mass is 16.5. The normalized spacial score (nSPS) is 18.7. The maximum absolute atomic E-state index is 11.2. The molecule has 1 aliphatic rings. The zero-order valence-electron chi connectivity index (χ0n) is 11.8. The van der Waals surface area contributed by atoms with Crippen molar-refractivity contribution in [3.63, 3.8) is 0 Å². The number of ether oxygens (including phenoxy) is 1. The molecule has 1 unspecified atom stereocenters. The van der Waals surface area contributed by atoms with E-state index in [9.17, 15) is 9.90 Å². The molecule has 0 amide bonds. The molecule has 1 saturated heterocycles. The van der Waals surface area contributed by atoms with Crippen molar-refractivity contribution in [2.24, 2.45) is 5.92 Å². The highest BCUT2D eigenvalue weighted by Crippen LogP contribution is 2.29. The fourth-order valence-corrected chi connectivity index (χ4v) is 2.77. The lowest BCUT2D eigenvalue weighted by molar-refractivity contribution is -0.141. The molecule has 1 aromatic heterocycles. The number of nitrogens with zero attached hydrogens (tertiary/aromatic N) is 3. The first-order chi connectivity index (χ1) is 10.2. The summed E-state index contributed by atoms with van der Waals surface area (Å²) in [7, 11) is 1.62. The minimum absolute atomic E-state index is 0.339. The predicted octanol–water partition coefficient (Wildman–Crippen LogP) is 1.94. The van der Waals surface area contributed by atoms with Crippen LogP contribution in [-0.2, 0) is 4.79 Å². The van der Waals surface area contributed by atoms with Gasteiger partial charge < -0.3 is 14.7 Å². The molecule has 1 atom stereocenters. The van der Waals surface area contributed by atoms with E-state index in [0.29, 0.717) is 6.54 Å². The molecular weight excluding hydrogens is 270 g/mol. The molecular formula is C15H17N3O3. The number of carboxylic acid groups (broad SMARTS) is 1. The van der Waals surface area contributed by atoms with Crippen molar-refractivity contribution in [3.8, 4) is 5.75 Å². The largest absolute Gasteiger partial charge is 0.497 e. The van der Waals surface area contributed by atoms with Crippen LogP contribution in [-0.4, -0.2) is 41.2 Å². The molecule has 1 aliphatic heterocycles. The number of benzene rings is 1. The second-order valence-electron chi connectivity index (χ2n) is 5.20. The number of fused-ring (bicyclic) bond motifs is 1. The Morgan fingerprint density at radius 3 is 3.05 bits per heavy atom. The van der Waals surface area contributed by atoms with Gasteiger partial charge in [-0.1, -0.05) is 0 Å². The third-order valence-corrected chi connectivity index (χ3v) is 3.89. The van der Waals surface area contributed by atoms with E-state index < -0.39 is 5.97 Å². The number of aromatic nitrogens is 2. The van der Waals surface area contributed by atoms with Crippen molar-refractivity contribution < 1.29 is 14.6 Å². The lowest BCUT2D eigenvalue weighted by atomic mass is 9.98. The van der Waals surface area contributed by atoms with Gasteiger partial charge in [-0.25, -0.2) is 9.97 Å². The van der Waals surface area contributed by atoms with Gasteiger partial charge in [0.2, 0.25) is 0 Å². The maximum atomic E-state index is 11.2. The van der Waals surface area contributed by atoms with E-state index in [1.54, 1.807) is 7.11 Å². The average molecular weight is 287 g/mol. The molecule has 3 rings (SSSR count). The van der Waals surface area contributed by atoms with E-state index in [0.717, 1.165) is 41.9 Å².